The van der Waals surface area contributed by atoms with E-state index in [9.17, 15) is 9.59 Å². The lowest BCUT2D eigenvalue weighted by Crippen LogP contribution is -2.50. The average Bonchev–Trinajstić information content (AvgIpc) is 2.89. The Labute approximate surface area is 205 Å². The lowest BCUT2D eigenvalue weighted by Gasteiger charge is -2.45. The molecule has 0 bridgehead atoms. The van der Waals surface area contributed by atoms with Gasteiger partial charge in [0.15, 0.2) is 11.5 Å². The van der Waals surface area contributed by atoms with Crippen molar-refractivity contribution in [3.63, 3.8) is 0 Å². The van der Waals surface area contributed by atoms with E-state index in [-0.39, 0.29) is 11.8 Å². The summed E-state index contributed by atoms with van der Waals surface area (Å²) in [6, 6.07) is 14.8. The number of amides is 2. The van der Waals surface area contributed by atoms with Gasteiger partial charge in [-0.05, 0) is 66.8 Å². The molecule has 3 aromatic rings. The zero-order valence-corrected chi connectivity index (χ0v) is 20.0. The Hall–Kier alpha value is -3.87. The first-order chi connectivity index (χ1) is 17.1. The maximum absolute atomic E-state index is 13.8. The van der Waals surface area contributed by atoms with Crippen molar-refractivity contribution < 1.29 is 19.1 Å². The van der Waals surface area contributed by atoms with E-state index in [0.29, 0.717) is 49.8 Å². The molecule has 0 spiro atoms. The van der Waals surface area contributed by atoms with Crippen LogP contribution in [0.15, 0.2) is 60.9 Å². The molecule has 0 unspecified atom stereocenters. The van der Waals surface area contributed by atoms with Crippen LogP contribution in [-0.2, 0) is 17.8 Å². The minimum absolute atomic E-state index is 0.0422. The number of hydrogen-bond acceptors (Lipinski definition) is 5. The zero-order chi connectivity index (χ0) is 24.4. The molecule has 2 aliphatic rings. The van der Waals surface area contributed by atoms with Gasteiger partial charge in [-0.2, -0.15) is 0 Å². The number of aromatic nitrogens is 1. The summed E-state index contributed by atoms with van der Waals surface area (Å²) in [4.78, 5) is 33.3. The number of benzene rings is 2. The maximum atomic E-state index is 13.8. The number of hydrogen-bond donors (Lipinski definition) is 1. The van der Waals surface area contributed by atoms with E-state index < -0.39 is 12.0 Å². The predicted octanol–water partition coefficient (Wildman–Crippen LogP) is 4.03. The molecule has 2 aliphatic heterocycles. The lowest BCUT2D eigenvalue weighted by atomic mass is 9.75. The molecule has 3 heterocycles. The molecule has 180 valence electrons. The molecule has 5 rings (SSSR count). The lowest BCUT2D eigenvalue weighted by molar-refractivity contribution is -0.124. The fourth-order valence-corrected chi connectivity index (χ4v) is 5.16. The van der Waals surface area contributed by atoms with E-state index in [1.54, 1.807) is 12.4 Å². The Kier molecular flexibility index (Phi) is 6.40. The Morgan fingerprint density at radius 2 is 1.83 bits per heavy atom. The molecule has 1 N–H and O–H groups in total. The van der Waals surface area contributed by atoms with Crippen LogP contribution in [0.1, 0.15) is 58.4 Å². The summed E-state index contributed by atoms with van der Waals surface area (Å²) in [5, 5.41) is 3.09. The summed E-state index contributed by atoms with van der Waals surface area (Å²) in [7, 11) is 0. The van der Waals surface area contributed by atoms with Crippen molar-refractivity contribution in [3.8, 4) is 11.5 Å². The van der Waals surface area contributed by atoms with E-state index in [1.807, 2.05) is 67.3 Å². The molecule has 2 amide bonds. The standard InChI is InChI=1S/C28H29N3O4/c1-3-34-23-14-19-11-13-31-26(22(19)15-24(23)35-4-2)25(20-9-5-6-10-21(20)28(31)33)27(32)30-17-18-8-7-12-29-16-18/h5-10,12,14-16,25-26H,3-4,11,13,17H2,1-2H3,(H,30,32)/t25-,26-/m1/s1. The van der Waals surface area contributed by atoms with Crippen LogP contribution >= 0.6 is 0 Å². The summed E-state index contributed by atoms with van der Waals surface area (Å²) in [5.41, 5.74) is 4.27. The van der Waals surface area contributed by atoms with E-state index in [4.69, 9.17) is 9.47 Å². The van der Waals surface area contributed by atoms with Gasteiger partial charge in [0.2, 0.25) is 5.91 Å². The van der Waals surface area contributed by atoms with Crippen molar-refractivity contribution in [1.29, 1.82) is 0 Å². The van der Waals surface area contributed by atoms with Gasteiger partial charge < -0.3 is 19.7 Å². The van der Waals surface area contributed by atoms with Crippen LogP contribution < -0.4 is 14.8 Å². The van der Waals surface area contributed by atoms with E-state index in [2.05, 4.69) is 10.3 Å². The zero-order valence-electron chi connectivity index (χ0n) is 20.0. The molecule has 7 heteroatoms. The number of carbonyl (C=O) groups excluding carboxylic acids is 2. The molecule has 35 heavy (non-hydrogen) atoms. The van der Waals surface area contributed by atoms with Crippen LogP contribution in [0.4, 0.5) is 0 Å². The molecule has 2 aromatic carbocycles. The molecular weight excluding hydrogens is 442 g/mol. The molecule has 0 aliphatic carbocycles. The third kappa shape index (κ3) is 4.22. The predicted molar refractivity (Wildman–Crippen MR) is 132 cm³/mol. The first kappa shape index (κ1) is 22.9. The fraction of sp³-hybridized carbons (Fsp3) is 0.321. The van der Waals surface area contributed by atoms with Crippen LogP contribution in [0.5, 0.6) is 11.5 Å². The van der Waals surface area contributed by atoms with Crippen molar-refractivity contribution in [2.45, 2.75) is 38.8 Å². The number of nitrogens with one attached hydrogen (secondary N) is 1. The summed E-state index contributed by atoms with van der Waals surface area (Å²) in [5.74, 6) is 0.618. The quantitative estimate of drug-likeness (QED) is 0.563. The molecule has 0 saturated carbocycles. The van der Waals surface area contributed by atoms with Gasteiger partial charge in [-0.25, -0.2) is 0 Å². The number of rotatable bonds is 7. The largest absolute Gasteiger partial charge is 0.490 e. The summed E-state index contributed by atoms with van der Waals surface area (Å²) >= 11 is 0. The number of pyridine rings is 1. The van der Waals surface area contributed by atoms with Gasteiger partial charge in [0, 0.05) is 31.0 Å². The van der Waals surface area contributed by atoms with Crippen LogP contribution in [0.3, 0.4) is 0 Å². The summed E-state index contributed by atoms with van der Waals surface area (Å²) in [6.45, 7) is 5.79. The Balaban J connectivity index is 1.59. The van der Waals surface area contributed by atoms with Crippen LogP contribution in [0, 0.1) is 0 Å². The van der Waals surface area contributed by atoms with Gasteiger partial charge in [0.05, 0.1) is 25.2 Å². The highest BCUT2D eigenvalue weighted by Gasteiger charge is 2.46. The van der Waals surface area contributed by atoms with Gasteiger partial charge in [-0.3, -0.25) is 14.6 Å². The van der Waals surface area contributed by atoms with Crippen molar-refractivity contribution in [3.05, 3.63) is 88.7 Å². The number of ether oxygens (including phenoxy) is 2. The van der Waals surface area contributed by atoms with Gasteiger partial charge >= 0.3 is 0 Å². The monoisotopic (exact) mass is 471 g/mol. The Bertz CT molecular complexity index is 1240. The van der Waals surface area contributed by atoms with E-state index >= 15 is 0 Å². The number of carbonyl (C=O) groups is 2. The fourth-order valence-electron chi connectivity index (χ4n) is 5.16. The summed E-state index contributed by atoms with van der Waals surface area (Å²) < 4.78 is 11.7. The van der Waals surface area contributed by atoms with Crippen molar-refractivity contribution in [2.24, 2.45) is 0 Å². The molecule has 0 saturated heterocycles. The SMILES string of the molecule is CCOc1cc2c(cc1OCC)[C@@H]1[C@H](C(=O)NCc3cccnc3)c3ccccc3C(=O)N1CC2. The van der Waals surface area contributed by atoms with E-state index in [0.717, 1.165) is 22.3 Å². The van der Waals surface area contributed by atoms with Gasteiger partial charge in [0.1, 0.15) is 0 Å². The van der Waals surface area contributed by atoms with Crippen molar-refractivity contribution in [1.82, 2.24) is 15.2 Å². The molecular formula is C28H29N3O4. The van der Waals surface area contributed by atoms with Gasteiger partial charge in [-0.15, -0.1) is 0 Å². The second-order valence-electron chi connectivity index (χ2n) is 8.70. The van der Waals surface area contributed by atoms with Crippen LogP contribution in [0.2, 0.25) is 0 Å². The van der Waals surface area contributed by atoms with Crippen LogP contribution in [-0.4, -0.2) is 41.5 Å². The second-order valence-corrected chi connectivity index (χ2v) is 8.70. The Morgan fingerprint density at radius 3 is 2.57 bits per heavy atom. The summed E-state index contributed by atoms with van der Waals surface area (Å²) in [6.07, 6.45) is 4.14. The van der Waals surface area contributed by atoms with Crippen LogP contribution in [0.25, 0.3) is 0 Å². The normalized spacial score (nSPS) is 18.2. The molecule has 1 aromatic heterocycles. The first-order valence-electron chi connectivity index (χ1n) is 12.1. The molecule has 0 fully saturated rings. The smallest absolute Gasteiger partial charge is 0.254 e. The molecule has 7 nitrogen and oxygen atoms in total. The average molecular weight is 472 g/mol. The molecule has 0 radical (unpaired) electrons. The third-order valence-electron chi connectivity index (χ3n) is 6.66. The topological polar surface area (TPSA) is 80.8 Å². The second kappa shape index (κ2) is 9.78. The van der Waals surface area contributed by atoms with Gasteiger partial charge in [0.25, 0.3) is 5.91 Å². The first-order valence-corrected chi connectivity index (χ1v) is 12.1. The van der Waals surface area contributed by atoms with Crippen molar-refractivity contribution >= 4 is 11.8 Å². The minimum atomic E-state index is -0.549. The highest BCUT2D eigenvalue weighted by molar-refractivity contribution is 6.01. The van der Waals surface area contributed by atoms with Gasteiger partial charge in [-0.1, -0.05) is 24.3 Å². The highest BCUT2D eigenvalue weighted by atomic mass is 16.5. The number of fused-ring (bicyclic) bond motifs is 4. The number of nitrogens with zero attached hydrogens (tertiary/aromatic N) is 2. The third-order valence-corrected chi connectivity index (χ3v) is 6.66. The highest BCUT2D eigenvalue weighted by Crippen LogP contribution is 2.48. The maximum Gasteiger partial charge on any atom is 0.254 e. The van der Waals surface area contributed by atoms with Crippen molar-refractivity contribution in [2.75, 3.05) is 19.8 Å². The molecule has 2 atom stereocenters. The minimum Gasteiger partial charge on any atom is -0.490 e. The van der Waals surface area contributed by atoms with E-state index in [1.165, 1.54) is 0 Å². The Morgan fingerprint density at radius 1 is 1.06 bits per heavy atom.